The van der Waals surface area contributed by atoms with Gasteiger partial charge in [-0.3, -0.25) is 4.98 Å². The number of pyridine rings is 1. The first-order valence-electron chi connectivity index (χ1n) is 7.91. The van der Waals surface area contributed by atoms with Crippen LogP contribution in [0.4, 0.5) is 0 Å². The third-order valence-corrected chi connectivity index (χ3v) is 4.21. The van der Waals surface area contributed by atoms with Gasteiger partial charge in [-0.2, -0.15) is 0 Å². The van der Waals surface area contributed by atoms with Crippen LogP contribution < -0.4 is 4.74 Å². The molecule has 3 aromatic heterocycles. The summed E-state index contributed by atoms with van der Waals surface area (Å²) in [6.45, 7) is 0. The average molecular weight is 324 g/mol. The van der Waals surface area contributed by atoms with E-state index in [-0.39, 0.29) is 11.7 Å². The lowest BCUT2D eigenvalue weighted by atomic mass is 10.2. The normalized spacial score (nSPS) is 15.0. The Hall–Kier alpha value is -2.96. The van der Waals surface area contributed by atoms with Crippen LogP contribution in [0, 0.1) is 0 Å². The molecule has 0 aromatic carbocycles. The molecular weight excluding hydrogens is 308 g/mol. The highest BCUT2D eigenvalue weighted by atomic mass is 16.5. The van der Waals surface area contributed by atoms with E-state index in [2.05, 4.69) is 19.9 Å². The Kier molecular flexibility index (Phi) is 3.60. The molecule has 4 rings (SSSR count). The molecule has 0 unspecified atom stereocenters. The van der Waals surface area contributed by atoms with Crippen LogP contribution in [0.15, 0.2) is 30.7 Å². The first-order valence-corrected chi connectivity index (χ1v) is 7.91. The first kappa shape index (κ1) is 14.6. The molecule has 1 aliphatic carbocycles. The highest BCUT2D eigenvalue weighted by Crippen LogP contribution is 2.26. The van der Waals surface area contributed by atoms with E-state index in [1.807, 2.05) is 12.1 Å². The molecule has 0 atom stereocenters. The lowest BCUT2D eigenvalue weighted by Crippen LogP contribution is -2.10. The standard InChI is InChI=1S/C17H16N4O3/c22-17(23)12-8-19-16-15(12)21-14(9-20-16)13-7-11(5-6-18-13)24-10-3-1-2-4-10/h5-10H,1-4H2,(H,19,20)(H,22,23). The summed E-state index contributed by atoms with van der Waals surface area (Å²) in [7, 11) is 0. The van der Waals surface area contributed by atoms with Crippen LogP contribution in [0.25, 0.3) is 22.6 Å². The molecular formula is C17H16N4O3. The van der Waals surface area contributed by atoms with Gasteiger partial charge in [-0.25, -0.2) is 14.8 Å². The molecule has 3 heterocycles. The van der Waals surface area contributed by atoms with Gasteiger partial charge in [-0.05, 0) is 31.7 Å². The summed E-state index contributed by atoms with van der Waals surface area (Å²) in [4.78, 5) is 27.0. The van der Waals surface area contributed by atoms with Crippen molar-refractivity contribution in [2.45, 2.75) is 31.8 Å². The minimum atomic E-state index is -1.04. The first-order chi connectivity index (χ1) is 11.7. The van der Waals surface area contributed by atoms with E-state index in [0.717, 1.165) is 18.6 Å². The lowest BCUT2D eigenvalue weighted by molar-refractivity contribution is 0.0699. The van der Waals surface area contributed by atoms with Crippen LogP contribution in [0.1, 0.15) is 36.0 Å². The zero-order valence-electron chi connectivity index (χ0n) is 12.9. The van der Waals surface area contributed by atoms with E-state index < -0.39 is 5.97 Å². The van der Waals surface area contributed by atoms with Gasteiger partial charge in [0.1, 0.15) is 22.5 Å². The summed E-state index contributed by atoms with van der Waals surface area (Å²) in [5, 5.41) is 9.21. The summed E-state index contributed by atoms with van der Waals surface area (Å²) in [5.74, 6) is -0.291. The minimum absolute atomic E-state index is 0.0951. The number of hydrogen-bond acceptors (Lipinski definition) is 5. The molecule has 7 heteroatoms. The van der Waals surface area contributed by atoms with Gasteiger partial charge in [0.25, 0.3) is 0 Å². The molecule has 0 spiro atoms. The highest BCUT2D eigenvalue weighted by Gasteiger charge is 2.18. The van der Waals surface area contributed by atoms with Crippen molar-refractivity contribution in [3.63, 3.8) is 0 Å². The van der Waals surface area contributed by atoms with Crippen molar-refractivity contribution in [2.75, 3.05) is 0 Å². The Morgan fingerprint density at radius 2 is 2.08 bits per heavy atom. The van der Waals surface area contributed by atoms with Crippen molar-refractivity contribution in [2.24, 2.45) is 0 Å². The quantitative estimate of drug-likeness (QED) is 0.765. The van der Waals surface area contributed by atoms with Crippen LogP contribution in [-0.2, 0) is 0 Å². The number of ether oxygens (including phenoxy) is 1. The van der Waals surface area contributed by atoms with Gasteiger partial charge >= 0.3 is 5.97 Å². The van der Waals surface area contributed by atoms with Crippen molar-refractivity contribution in [1.82, 2.24) is 19.9 Å². The fourth-order valence-corrected chi connectivity index (χ4v) is 3.00. The van der Waals surface area contributed by atoms with Gasteiger partial charge in [-0.1, -0.05) is 0 Å². The number of H-pyrrole nitrogens is 1. The van der Waals surface area contributed by atoms with Crippen LogP contribution in [0.2, 0.25) is 0 Å². The SMILES string of the molecule is O=C(O)c1c[nH]c2ncc(-c3cc(OC4CCCC4)ccn3)nc12. The fraction of sp³-hybridized carbons (Fsp3) is 0.294. The van der Waals surface area contributed by atoms with E-state index >= 15 is 0 Å². The number of fused-ring (bicyclic) bond motifs is 1. The number of carboxylic acid groups (broad SMARTS) is 1. The molecule has 24 heavy (non-hydrogen) atoms. The van der Waals surface area contributed by atoms with Crippen LogP contribution >= 0.6 is 0 Å². The highest BCUT2D eigenvalue weighted by molar-refractivity contribution is 6.00. The Balaban J connectivity index is 1.68. The molecule has 122 valence electrons. The monoisotopic (exact) mass is 324 g/mol. The predicted octanol–water partition coefficient (Wildman–Crippen LogP) is 3.04. The van der Waals surface area contributed by atoms with E-state index in [0.29, 0.717) is 22.6 Å². The number of aromatic nitrogens is 4. The Labute approximate surface area is 137 Å². The maximum Gasteiger partial charge on any atom is 0.339 e. The number of aromatic amines is 1. The number of aromatic carboxylic acids is 1. The number of nitrogens with zero attached hydrogens (tertiary/aromatic N) is 3. The van der Waals surface area contributed by atoms with Crippen LogP contribution in [0.5, 0.6) is 5.75 Å². The Morgan fingerprint density at radius 3 is 2.88 bits per heavy atom. The molecule has 0 radical (unpaired) electrons. The van der Waals surface area contributed by atoms with Gasteiger partial charge in [0.15, 0.2) is 5.65 Å². The third-order valence-electron chi connectivity index (χ3n) is 4.21. The summed E-state index contributed by atoms with van der Waals surface area (Å²) >= 11 is 0. The number of hydrogen-bond donors (Lipinski definition) is 2. The van der Waals surface area contributed by atoms with E-state index in [9.17, 15) is 9.90 Å². The van der Waals surface area contributed by atoms with E-state index in [1.165, 1.54) is 19.0 Å². The van der Waals surface area contributed by atoms with E-state index in [4.69, 9.17) is 4.74 Å². The molecule has 0 aliphatic heterocycles. The maximum absolute atomic E-state index is 11.2. The zero-order chi connectivity index (χ0) is 16.5. The predicted molar refractivity (Wildman–Crippen MR) is 87.0 cm³/mol. The van der Waals surface area contributed by atoms with Crippen molar-refractivity contribution in [3.8, 4) is 17.1 Å². The molecule has 0 amide bonds. The Bertz CT molecular complexity index is 900. The number of carboxylic acids is 1. The molecule has 0 bridgehead atoms. The molecule has 2 N–H and O–H groups in total. The second-order valence-electron chi connectivity index (χ2n) is 5.86. The van der Waals surface area contributed by atoms with Crippen LogP contribution in [-0.4, -0.2) is 37.1 Å². The van der Waals surface area contributed by atoms with E-state index in [1.54, 1.807) is 12.4 Å². The zero-order valence-corrected chi connectivity index (χ0v) is 12.9. The summed E-state index contributed by atoms with van der Waals surface area (Å²) in [6, 6.07) is 3.65. The lowest BCUT2D eigenvalue weighted by Gasteiger charge is -2.13. The smallest absolute Gasteiger partial charge is 0.339 e. The summed E-state index contributed by atoms with van der Waals surface area (Å²) < 4.78 is 5.98. The third kappa shape index (κ3) is 2.68. The fourth-order valence-electron chi connectivity index (χ4n) is 3.00. The number of carbonyl (C=O) groups is 1. The molecule has 7 nitrogen and oxygen atoms in total. The topological polar surface area (TPSA) is 101 Å². The van der Waals surface area contributed by atoms with Gasteiger partial charge in [0.05, 0.1) is 18.0 Å². The number of nitrogens with one attached hydrogen (secondary N) is 1. The second-order valence-corrected chi connectivity index (χ2v) is 5.86. The van der Waals surface area contributed by atoms with Crippen LogP contribution in [0.3, 0.4) is 0 Å². The van der Waals surface area contributed by atoms with Crippen molar-refractivity contribution in [1.29, 1.82) is 0 Å². The van der Waals surface area contributed by atoms with Crippen molar-refractivity contribution < 1.29 is 14.6 Å². The average Bonchev–Trinajstić information content (AvgIpc) is 3.23. The minimum Gasteiger partial charge on any atom is -0.490 e. The molecule has 0 saturated heterocycles. The molecule has 3 aromatic rings. The van der Waals surface area contributed by atoms with Crippen molar-refractivity contribution in [3.05, 3.63) is 36.3 Å². The van der Waals surface area contributed by atoms with Crippen molar-refractivity contribution >= 4 is 17.1 Å². The summed E-state index contributed by atoms with van der Waals surface area (Å²) in [5.41, 5.74) is 1.98. The Morgan fingerprint density at radius 1 is 1.25 bits per heavy atom. The summed E-state index contributed by atoms with van der Waals surface area (Å²) in [6.07, 6.45) is 9.46. The maximum atomic E-state index is 11.2. The number of rotatable bonds is 4. The van der Waals surface area contributed by atoms with Gasteiger partial charge in [-0.15, -0.1) is 0 Å². The molecule has 1 aliphatic rings. The van der Waals surface area contributed by atoms with Gasteiger partial charge in [0.2, 0.25) is 0 Å². The molecule has 1 fully saturated rings. The largest absolute Gasteiger partial charge is 0.490 e. The van der Waals surface area contributed by atoms with Gasteiger partial charge in [0, 0.05) is 18.5 Å². The van der Waals surface area contributed by atoms with Gasteiger partial charge < -0.3 is 14.8 Å². The second kappa shape index (κ2) is 5.92. The molecule has 1 saturated carbocycles.